The maximum Gasteiger partial charge on any atom is 0.251 e. The molecule has 0 atom stereocenters. The minimum absolute atomic E-state index is 0.0651. The average Bonchev–Trinajstić information content (AvgIpc) is 3.29. The summed E-state index contributed by atoms with van der Waals surface area (Å²) in [6, 6.07) is 14.9. The van der Waals surface area contributed by atoms with Crippen molar-refractivity contribution in [2.75, 3.05) is 36.8 Å². The second-order valence-corrected chi connectivity index (χ2v) is 9.86. The van der Waals surface area contributed by atoms with E-state index in [0.29, 0.717) is 46.2 Å². The SMILES string of the molecule is C=CCn1c(CNC(=O)c2ccc(Cl)c(Cl)c2)nnc1SCC(=O)N1CCN(c2ccccc2)CC1. The van der Waals surface area contributed by atoms with Crippen LogP contribution in [0.4, 0.5) is 5.69 Å². The van der Waals surface area contributed by atoms with E-state index in [1.165, 1.54) is 23.5 Å². The zero-order valence-corrected chi connectivity index (χ0v) is 21.9. The van der Waals surface area contributed by atoms with E-state index < -0.39 is 0 Å². The van der Waals surface area contributed by atoms with Crippen molar-refractivity contribution >= 4 is 52.5 Å². The number of allylic oxidation sites excluding steroid dienone is 1. The van der Waals surface area contributed by atoms with Crippen molar-refractivity contribution in [1.29, 1.82) is 0 Å². The molecule has 1 aliphatic rings. The van der Waals surface area contributed by atoms with Crippen LogP contribution >= 0.6 is 35.0 Å². The lowest BCUT2D eigenvalue weighted by atomic mass is 10.2. The largest absolute Gasteiger partial charge is 0.368 e. The number of thioether (sulfide) groups is 1. The summed E-state index contributed by atoms with van der Waals surface area (Å²) in [6.07, 6.45) is 1.72. The molecular weight excluding hydrogens is 519 g/mol. The van der Waals surface area contributed by atoms with E-state index in [1.807, 2.05) is 27.7 Å². The number of rotatable bonds is 9. The second kappa shape index (κ2) is 12.3. The number of nitrogens with zero attached hydrogens (tertiary/aromatic N) is 5. The van der Waals surface area contributed by atoms with Gasteiger partial charge in [0.05, 0.1) is 22.3 Å². The summed E-state index contributed by atoms with van der Waals surface area (Å²) >= 11 is 13.3. The molecule has 0 saturated carbocycles. The molecule has 0 unspecified atom stereocenters. The van der Waals surface area contributed by atoms with Crippen molar-refractivity contribution in [2.45, 2.75) is 18.2 Å². The summed E-state index contributed by atoms with van der Waals surface area (Å²) in [4.78, 5) is 29.5. The van der Waals surface area contributed by atoms with E-state index in [1.54, 1.807) is 18.2 Å². The van der Waals surface area contributed by atoms with Crippen molar-refractivity contribution in [2.24, 2.45) is 0 Å². The molecule has 2 amide bonds. The third-order valence-electron chi connectivity index (χ3n) is 5.77. The van der Waals surface area contributed by atoms with Gasteiger partial charge in [0.15, 0.2) is 11.0 Å². The summed E-state index contributed by atoms with van der Waals surface area (Å²) in [5.74, 6) is 0.585. The Morgan fingerprint density at radius 1 is 1.03 bits per heavy atom. The molecule has 3 aromatic rings. The van der Waals surface area contributed by atoms with Gasteiger partial charge in [0.2, 0.25) is 5.91 Å². The normalized spacial score (nSPS) is 13.5. The van der Waals surface area contributed by atoms with Crippen LogP contribution in [-0.4, -0.2) is 63.4 Å². The molecule has 0 radical (unpaired) electrons. The predicted molar refractivity (Wildman–Crippen MR) is 144 cm³/mol. The molecule has 36 heavy (non-hydrogen) atoms. The standard InChI is InChI=1S/C25H26Cl2N6O2S/c1-2-10-33-22(16-28-24(35)18-8-9-20(26)21(27)15-18)29-30-25(33)36-17-23(34)32-13-11-31(12-14-32)19-6-4-3-5-7-19/h2-9,15H,1,10-14,16-17H2,(H,28,35). The summed E-state index contributed by atoms with van der Waals surface area (Å²) in [7, 11) is 0. The van der Waals surface area contributed by atoms with E-state index >= 15 is 0 Å². The molecule has 0 bridgehead atoms. The summed E-state index contributed by atoms with van der Waals surface area (Å²) in [5, 5.41) is 12.6. The highest BCUT2D eigenvalue weighted by Crippen LogP contribution is 2.23. The maximum atomic E-state index is 12.8. The number of nitrogens with one attached hydrogen (secondary N) is 1. The van der Waals surface area contributed by atoms with Crippen LogP contribution in [0, 0.1) is 0 Å². The number of carbonyl (C=O) groups is 2. The van der Waals surface area contributed by atoms with Gasteiger partial charge in [-0.25, -0.2) is 0 Å². The van der Waals surface area contributed by atoms with Crippen LogP contribution in [0.2, 0.25) is 10.0 Å². The quantitative estimate of drug-likeness (QED) is 0.322. The van der Waals surface area contributed by atoms with Crippen LogP contribution in [0.5, 0.6) is 0 Å². The third kappa shape index (κ3) is 6.40. The third-order valence-corrected chi connectivity index (χ3v) is 7.46. The first-order valence-corrected chi connectivity index (χ1v) is 13.2. The topological polar surface area (TPSA) is 83.4 Å². The molecule has 8 nitrogen and oxygen atoms in total. The Hall–Kier alpha value is -3.01. The molecule has 2 heterocycles. The highest BCUT2D eigenvalue weighted by molar-refractivity contribution is 7.99. The zero-order valence-electron chi connectivity index (χ0n) is 19.6. The van der Waals surface area contributed by atoms with E-state index in [2.05, 4.69) is 39.1 Å². The molecular formula is C25H26Cl2N6O2S. The number of benzene rings is 2. The van der Waals surface area contributed by atoms with E-state index in [0.717, 1.165) is 13.1 Å². The Morgan fingerprint density at radius 2 is 1.78 bits per heavy atom. The number of hydrogen-bond donors (Lipinski definition) is 1. The Bertz CT molecular complexity index is 1230. The molecule has 2 aromatic carbocycles. The first kappa shape index (κ1) is 26.1. The van der Waals surface area contributed by atoms with Crippen LogP contribution in [0.3, 0.4) is 0 Å². The molecule has 0 spiro atoms. The van der Waals surface area contributed by atoms with E-state index in [-0.39, 0.29) is 24.1 Å². The molecule has 1 saturated heterocycles. The molecule has 11 heteroatoms. The minimum Gasteiger partial charge on any atom is -0.368 e. The van der Waals surface area contributed by atoms with Gasteiger partial charge < -0.3 is 19.7 Å². The monoisotopic (exact) mass is 544 g/mol. The Morgan fingerprint density at radius 3 is 2.47 bits per heavy atom. The highest BCUT2D eigenvalue weighted by Gasteiger charge is 2.22. The van der Waals surface area contributed by atoms with Crippen molar-refractivity contribution in [1.82, 2.24) is 25.0 Å². The average molecular weight is 545 g/mol. The van der Waals surface area contributed by atoms with Gasteiger partial charge in [0.1, 0.15) is 0 Å². The van der Waals surface area contributed by atoms with Gasteiger partial charge in [0.25, 0.3) is 5.91 Å². The molecule has 1 fully saturated rings. The fourth-order valence-electron chi connectivity index (χ4n) is 3.84. The first-order valence-electron chi connectivity index (χ1n) is 11.4. The van der Waals surface area contributed by atoms with Gasteiger partial charge in [-0.3, -0.25) is 9.59 Å². The van der Waals surface area contributed by atoms with Gasteiger partial charge in [-0.15, -0.1) is 16.8 Å². The van der Waals surface area contributed by atoms with Gasteiger partial charge in [0, 0.05) is 44.0 Å². The van der Waals surface area contributed by atoms with Crippen LogP contribution in [0.25, 0.3) is 0 Å². The fraction of sp³-hybridized carbons (Fsp3) is 0.280. The van der Waals surface area contributed by atoms with Crippen LogP contribution in [0.1, 0.15) is 16.2 Å². The lowest BCUT2D eigenvalue weighted by Crippen LogP contribution is -2.49. The Labute approximate surface area is 224 Å². The van der Waals surface area contributed by atoms with E-state index in [9.17, 15) is 9.59 Å². The number of amides is 2. The van der Waals surface area contributed by atoms with Crippen LogP contribution in [-0.2, 0) is 17.9 Å². The summed E-state index contributed by atoms with van der Waals surface area (Å²) in [6.45, 7) is 7.38. The predicted octanol–water partition coefficient (Wildman–Crippen LogP) is 4.14. The smallest absolute Gasteiger partial charge is 0.251 e. The zero-order chi connectivity index (χ0) is 25.5. The number of piperazine rings is 1. The number of anilines is 1. The highest BCUT2D eigenvalue weighted by atomic mass is 35.5. The number of hydrogen-bond acceptors (Lipinski definition) is 6. The number of para-hydroxylation sites is 1. The molecule has 1 N–H and O–H groups in total. The molecule has 0 aliphatic carbocycles. The maximum absolute atomic E-state index is 12.8. The number of carbonyl (C=O) groups excluding carboxylic acids is 2. The first-order chi connectivity index (χ1) is 17.5. The van der Waals surface area contributed by atoms with Gasteiger partial charge >= 0.3 is 0 Å². The van der Waals surface area contributed by atoms with E-state index in [4.69, 9.17) is 23.2 Å². The van der Waals surface area contributed by atoms with Crippen LogP contribution in [0.15, 0.2) is 66.3 Å². The van der Waals surface area contributed by atoms with Crippen molar-refractivity contribution in [3.05, 3.63) is 82.6 Å². The molecule has 1 aromatic heterocycles. The molecule has 188 valence electrons. The Kier molecular flexibility index (Phi) is 8.90. The molecule has 4 rings (SSSR count). The number of aromatic nitrogens is 3. The van der Waals surface area contributed by atoms with Crippen molar-refractivity contribution in [3.63, 3.8) is 0 Å². The van der Waals surface area contributed by atoms with Gasteiger partial charge in [-0.1, -0.05) is 59.2 Å². The summed E-state index contributed by atoms with van der Waals surface area (Å²) in [5.41, 5.74) is 1.57. The fourth-order valence-corrected chi connectivity index (χ4v) is 5.01. The minimum atomic E-state index is -0.305. The number of halogens is 2. The van der Waals surface area contributed by atoms with Crippen molar-refractivity contribution < 1.29 is 9.59 Å². The Balaban J connectivity index is 1.31. The lowest BCUT2D eigenvalue weighted by molar-refractivity contribution is -0.128. The second-order valence-electron chi connectivity index (χ2n) is 8.10. The molecule has 1 aliphatic heterocycles. The van der Waals surface area contributed by atoms with Crippen LogP contribution < -0.4 is 10.2 Å². The van der Waals surface area contributed by atoms with Gasteiger partial charge in [-0.2, -0.15) is 0 Å². The van der Waals surface area contributed by atoms with Gasteiger partial charge in [-0.05, 0) is 30.3 Å². The summed E-state index contributed by atoms with van der Waals surface area (Å²) < 4.78 is 1.84. The lowest BCUT2D eigenvalue weighted by Gasteiger charge is -2.36. The van der Waals surface area contributed by atoms with Crippen molar-refractivity contribution in [3.8, 4) is 0 Å².